The zero-order chi connectivity index (χ0) is 15.2. The Hall–Kier alpha value is -2.16. The molecular formula is C18H23NO2. The van der Waals surface area contributed by atoms with Crippen molar-refractivity contribution < 1.29 is 9.47 Å². The van der Waals surface area contributed by atoms with E-state index in [0.29, 0.717) is 0 Å². The van der Waals surface area contributed by atoms with Gasteiger partial charge in [-0.25, -0.2) is 0 Å². The molecule has 1 N–H and O–H groups in total. The molecule has 0 spiro atoms. The zero-order valence-corrected chi connectivity index (χ0v) is 13.1. The van der Waals surface area contributed by atoms with Gasteiger partial charge in [0.2, 0.25) is 0 Å². The molecule has 2 rings (SSSR count). The lowest BCUT2D eigenvalue weighted by Crippen LogP contribution is -2.06. The Morgan fingerprint density at radius 3 is 2.38 bits per heavy atom. The Morgan fingerprint density at radius 1 is 1.05 bits per heavy atom. The van der Waals surface area contributed by atoms with Gasteiger partial charge >= 0.3 is 0 Å². The second-order valence-electron chi connectivity index (χ2n) is 5.37. The summed E-state index contributed by atoms with van der Waals surface area (Å²) in [5, 5.41) is 3.42. The third kappa shape index (κ3) is 4.42. The molecular weight excluding hydrogens is 262 g/mol. The number of rotatable bonds is 6. The van der Waals surface area contributed by atoms with Gasteiger partial charge in [0.15, 0.2) is 0 Å². The lowest BCUT2D eigenvalue weighted by molar-refractivity contribution is 0.242. The summed E-state index contributed by atoms with van der Waals surface area (Å²) in [5.74, 6) is 1.77. The Balaban J connectivity index is 2.01. The molecule has 0 radical (unpaired) electrons. The molecule has 3 heteroatoms. The summed E-state index contributed by atoms with van der Waals surface area (Å²) in [5.41, 5.74) is 3.42. The largest absolute Gasteiger partial charge is 0.495 e. The second-order valence-corrected chi connectivity index (χ2v) is 5.37. The molecule has 0 aliphatic heterocycles. The lowest BCUT2D eigenvalue weighted by atomic mass is 10.2. The highest BCUT2D eigenvalue weighted by Crippen LogP contribution is 2.26. The van der Waals surface area contributed by atoms with Crippen LogP contribution in [0.4, 0.5) is 5.69 Å². The van der Waals surface area contributed by atoms with E-state index in [2.05, 4.69) is 30.4 Å². The number of hydrogen-bond acceptors (Lipinski definition) is 3. The second kappa shape index (κ2) is 7.02. The van der Waals surface area contributed by atoms with Gasteiger partial charge < -0.3 is 14.8 Å². The van der Waals surface area contributed by atoms with E-state index in [0.717, 1.165) is 23.7 Å². The average Bonchev–Trinajstić information content (AvgIpc) is 2.46. The summed E-state index contributed by atoms with van der Waals surface area (Å²) in [4.78, 5) is 0. The highest BCUT2D eigenvalue weighted by Gasteiger charge is 2.03. The standard InChI is InChI=1S/C18H23NO2/c1-13(2)21-16-8-6-15(7-9-16)12-19-17-11-14(3)5-10-18(17)20-4/h5-11,13,19H,12H2,1-4H3. The van der Waals surface area contributed by atoms with Crippen molar-refractivity contribution in [1.29, 1.82) is 0 Å². The predicted octanol–water partition coefficient (Wildman–Crippen LogP) is 4.40. The molecule has 112 valence electrons. The molecule has 0 unspecified atom stereocenters. The van der Waals surface area contributed by atoms with E-state index in [1.54, 1.807) is 7.11 Å². The molecule has 2 aromatic carbocycles. The minimum Gasteiger partial charge on any atom is -0.495 e. The molecule has 0 atom stereocenters. The summed E-state index contributed by atoms with van der Waals surface area (Å²) in [6.45, 7) is 6.88. The molecule has 0 aliphatic rings. The van der Waals surface area contributed by atoms with Gasteiger partial charge in [0, 0.05) is 6.54 Å². The Morgan fingerprint density at radius 2 is 1.76 bits per heavy atom. The van der Waals surface area contributed by atoms with Crippen LogP contribution in [0.25, 0.3) is 0 Å². The van der Waals surface area contributed by atoms with Crippen molar-refractivity contribution in [2.45, 2.75) is 33.4 Å². The molecule has 0 amide bonds. The van der Waals surface area contributed by atoms with Crippen LogP contribution in [0.3, 0.4) is 0 Å². The quantitative estimate of drug-likeness (QED) is 0.853. The highest BCUT2D eigenvalue weighted by molar-refractivity contribution is 5.58. The van der Waals surface area contributed by atoms with Crippen LogP contribution in [0.15, 0.2) is 42.5 Å². The number of anilines is 1. The molecule has 0 bridgehead atoms. The SMILES string of the molecule is COc1ccc(C)cc1NCc1ccc(OC(C)C)cc1. The van der Waals surface area contributed by atoms with Gasteiger partial charge in [-0.05, 0) is 56.2 Å². The van der Waals surface area contributed by atoms with Crippen molar-refractivity contribution in [3.63, 3.8) is 0 Å². The van der Waals surface area contributed by atoms with Crippen LogP contribution >= 0.6 is 0 Å². The first-order chi connectivity index (χ1) is 10.1. The summed E-state index contributed by atoms with van der Waals surface area (Å²) in [6, 6.07) is 14.3. The van der Waals surface area contributed by atoms with Crippen molar-refractivity contribution in [3.8, 4) is 11.5 Å². The van der Waals surface area contributed by atoms with E-state index in [-0.39, 0.29) is 6.10 Å². The van der Waals surface area contributed by atoms with Gasteiger partial charge in [0.25, 0.3) is 0 Å². The first kappa shape index (κ1) is 15.2. The van der Waals surface area contributed by atoms with Gasteiger partial charge in [0.1, 0.15) is 11.5 Å². The van der Waals surface area contributed by atoms with E-state index in [9.17, 15) is 0 Å². The number of benzene rings is 2. The molecule has 0 aromatic heterocycles. The minimum absolute atomic E-state index is 0.200. The highest BCUT2D eigenvalue weighted by atomic mass is 16.5. The van der Waals surface area contributed by atoms with Crippen LogP contribution in [-0.2, 0) is 6.54 Å². The van der Waals surface area contributed by atoms with Gasteiger partial charge in [0.05, 0.1) is 18.9 Å². The Bertz CT molecular complexity index is 576. The molecule has 0 heterocycles. The smallest absolute Gasteiger partial charge is 0.141 e. The minimum atomic E-state index is 0.200. The first-order valence-corrected chi connectivity index (χ1v) is 7.22. The van der Waals surface area contributed by atoms with E-state index in [4.69, 9.17) is 9.47 Å². The molecule has 0 aliphatic carbocycles. The maximum atomic E-state index is 5.64. The summed E-state index contributed by atoms with van der Waals surface area (Å²) in [6.07, 6.45) is 0.200. The Kier molecular flexibility index (Phi) is 5.09. The van der Waals surface area contributed by atoms with Crippen LogP contribution in [0.2, 0.25) is 0 Å². The number of methoxy groups -OCH3 is 1. The molecule has 3 nitrogen and oxygen atoms in total. The van der Waals surface area contributed by atoms with E-state index in [1.807, 2.05) is 38.1 Å². The fraction of sp³-hybridized carbons (Fsp3) is 0.333. The topological polar surface area (TPSA) is 30.5 Å². The van der Waals surface area contributed by atoms with Crippen molar-refractivity contribution >= 4 is 5.69 Å². The molecule has 2 aromatic rings. The molecule has 0 saturated heterocycles. The fourth-order valence-electron chi connectivity index (χ4n) is 2.12. The maximum Gasteiger partial charge on any atom is 0.141 e. The average molecular weight is 285 g/mol. The van der Waals surface area contributed by atoms with Crippen molar-refractivity contribution in [3.05, 3.63) is 53.6 Å². The van der Waals surface area contributed by atoms with Crippen LogP contribution < -0.4 is 14.8 Å². The maximum absolute atomic E-state index is 5.64. The van der Waals surface area contributed by atoms with Gasteiger partial charge in [-0.1, -0.05) is 18.2 Å². The van der Waals surface area contributed by atoms with Crippen molar-refractivity contribution in [1.82, 2.24) is 0 Å². The van der Waals surface area contributed by atoms with Crippen LogP contribution in [0.5, 0.6) is 11.5 Å². The normalized spacial score (nSPS) is 10.5. The summed E-state index contributed by atoms with van der Waals surface area (Å²) in [7, 11) is 1.69. The van der Waals surface area contributed by atoms with Crippen molar-refractivity contribution in [2.75, 3.05) is 12.4 Å². The molecule has 0 fully saturated rings. The molecule has 0 saturated carbocycles. The van der Waals surface area contributed by atoms with Gasteiger partial charge in [-0.15, -0.1) is 0 Å². The van der Waals surface area contributed by atoms with Gasteiger partial charge in [-0.3, -0.25) is 0 Å². The first-order valence-electron chi connectivity index (χ1n) is 7.22. The third-order valence-corrected chi connectivity index (χ3v) is 3.13. The van der Waals surface area contributed by atoms with Gasteiger partial charge in [-0.2, -0.15) is 0 Å². The summed E-state index contributed by atoms with van der Waals surface area (Å²) < 4.78 is 11.0. The lowest BCUT2D eigenvalue weighted by Gasteiger charge is -2.13. The monoisotopic (exact) mass is 285 g/mol. The number of nitrogens with one attached hydrogen (secondary N) is 1. The van der Waals surface area contributed by atoms with Crippen LogP contribution in [0.1, 0.15) is 25.0 Å². The van der Waals surface area contributed by atoms with Crippen molar-refractivity contribution in [2.24, 2.45) is 0 Å². The molecule has 21 heavy (non-hydrogen) atoms. The van der Waals surface area contributed by atoms with Crippen LogP contribution in [0, 0.1) is 6.92 Å². The van der Waals surface area contributed by atoms with E-state index >= 15 is 0 Å². The van der Waals surface area contributed by atoms with E-state index in [1.165, 1.54) is 11.1 Å². The number of ether oxygens (including phenoxy) is 2. The number of hydrogen-bond donors (Lipinski definition) is 1. The third-order valence-electron chi connectivity index (χ3n) is 3.13. The fourth-order valence-corrected chi connectivity index (χ4v) is 2.12. The van der Waals surface area contributed by atoms with Crippen LogP contribution in [-0.4, -0.2) is 13.2 Å². The summed E-state index contributed by atoms with van der Waals surface area (Å²) >= 11 is 0. The number of aryl methyl sites for hydroxylation is 1. The van der Waals surface area contributed by atoms with E-state index < -0.39 is 0 Å². The Labute approximate surface area is 126 Å². The predicted molar refractivity (Wildman–Crippen MR) is 87.3 cm³/mol. The zero-order valence-electron chi connectivity index (χ0n) is 13.1.